The number of nitrogens with zero attached hydrogens (tertiary/aromatic N) is 4. The van der Waals surface area contributed by atoms with Gasteiger partial charge in [-0.15, -0.1) is 0 Å². The zero-order valence-corrected chi connectivity index (χ0v) is 13.9. The molecule has 0 aromatic carbocycles. The van der Waals surface area contributed by atoms with Gasteiger partial charge < -0.3 is 9.64 Å². The predicted octanol–water partition coefficient (Wildman–Crippen LogP) is 3.66. The zero-order chi connectivity index (χ0) is 18.6. The Morgan fingerprint density at radius 3 is 2.81 bits per heavy atom. The highest BCUT2D eigenvalue weighted by Crippen LogP contribution is 2.30. The lowest BCUT2D eigenvalue weighted by atomic mass is 9.99. The van der Waals surface area contributed by atoms with Gasteiger partial charge in [-0.2, -0.15) is 18.4 Å². The normalized spacial score (nSPS) is 17.6. The first-order valence-electron chi connectivity index (χ1n) is 8.23. The molecule has 0 spiro atoms. The summed E-state index contributed by atoms with van der Waals surface area (Å²) in [5.74, 6) is 1.14. The van der Waals surface area contributed by atoms with E-state index in [1.54, 1.807) is 12.1 Å². The Hall–Kier alpha value is -2.82. The van der Waals surface area contributed by atoms with E-state index >= 15 is 0 Å². The first-order valence-corrected chi connectivity index (χ1v) is 8.23. The van der Waals surface area contributed by atoms with E-state index in [1.807, 2.05) is 11.0 Å². The number of halogens is 3. The van der Waals surface area contributed by atoms with Crippen molar-refractivity contribution in [2.75, 3.05) is 24.6 Å². The first-order chi connectivity index (χ1) is 12.5. The Morgan fingerprint density at radius 1 is 1.27 bits per heavy atom. The quantitative estimate of drug-likeness (QED) is 0.831. The van der Waals surface area contributed by atoms with Crippen LogP contribution in [0.2, 0.25) is 0 Å². The highest BCUT2D eigenvalue weighted by Gasteiger charge is 2.31. The van der Waals surface area contributed by atoms with Crippen LogP contribution in [-0.4, -0.2) is 29.7 Å². The summed E-state index contributed by atoms with van der Waals surface area (Å²) in [6, 6.07) is 7.68. The van der Waals surface area contributed by atoms with Gasteiger partial charge in [-0.05, 0) is 31.0 Å². The van der Waals surface area contributed by atoms with Crippen LogP contribution >= 0.6 is 0 Å². The van der Waals surface area contributed by atoms with Crippen molar-refractivity contribution in [3.63, 3.8) is 0 Å². The molecule has 1 saturated heterocycles. The third kappa shape index (κ3) is 4.42. The summed E-state index contributed by atoms with van der Waals surface area (Å²) in [5.41, 5.74) is -0.268. The highest BCUT2D eigenvalue weighted by molar-refractivity contribution is 5.40. The maximum Gasteiger partial charge on any atom is 0.417 e. The van der Waals surface area contributed by atoms with Gasteiger partial charge in [0.05, 0.1) is 23.8 Å². The number of hydrogen-bond donors (Lipinski definition) is 0. The molecule has 3 rings (SSSR count). The minimum Gasteiger partial charge on any atom is -0.477 e. The van der Waals surface area contributed by atoms with Gasteiger partial charge in [0.25, 0.3) is 0 Å². The number of nitriles is 1. The molecule has 1 atom stereocenters. The van der Waals surface area contributed by atoms with Crippen LogP contribution in [0.15, 0.2) is 36.7 Å². The van der Waals surface area contributed by atoms with E-state index < -0.39 is 11.7 Å². The summed E-state index contributed by atoms with van der Waals surface area (Å²) in [6.45, 7) is 1.83. The molecule has 0 radical (unpaired) electrons. The summed E-state index contributed by atoms with van der Waals surface area (Å²) >= 11 is 0. The van der Waals surface area contributed by atoms with E-state index in [1.165, 1.54) is 12.3 Å². The van der Waals surface area contributed by atoms with Gasteiger partial charge in [-0.3, -0.25) is 0 Å². The summed E-state index contributed by atoms with van der Waals surface area (Å²) < 4.78 is 43.6. The van der Waals surface area contributed by atoms with E-state index in [-0.39, 0.29) is 5.92 Å². The lowest BCUT2D eigenvalue weighted by Gasteiger charge is -2.33. The third-order valence-electron chi connectivity index (χ3n) is 4.25. The molecule has 5 nitrogen and oxygen atoms in total. The minimum absolute atomic E-state index is 0.209. The standard InChI is InChI=1S/C18H17F3N4O/c19-18(20,21)15-3-4-16(24-10-15)25-7-1-2-14(11-25)12-26-17-8-13(9-22)5-6-23-17/h3-6,8,10,14H,1-2,7,11-12H2. The van der Waals surface area contributed by atoms with Crippen LogP contribution in [0.3, 0.4) is 0 Å². The smallest absolute Gasteiger partial charge is 0.417 e. The van der Waals surface area contributed by atoms with Crippen molar-refractivity contribution >= 4 is 5.82 Å². The molecular weight excluding hydrogens is 345 g/mol. The van der Waals surface area contributed by atoms with Crippen LogP contribution in [0.1, 0.15) is 24.0 Å². The number of aromatic nitrogens is 2. The summed E-state index contributed by atoms with van der Waals surface area (Å²) in [6.07, 6.45) is -0.133. The predicted molar refractivity (Wildman–Crippen MR) is 88.6 cm³/mol. The molecule has 0 amide bonds. The Balaban J connectivity index is 1.59. The van der Waals surface area contributed by atoms with Gasteiger partial charge in [-0.1, -0.05) is 0 Å². The van der Waals surface area contributed by atoms with Crippen molar-refractivity contribution in [2.45, 2.75) is 19.0 Å². The molecular formula is C18H17F3N4O. The van der Waals surface area contributed by atoms with Crippen LogP contribution < -0.4 is 9.64 Å². The van der Waals surface area contributed by atoms with Crippen LogP contribution in [-0.2, 0) is 6.18 Å². The molecule has 0 N–H and O–H groups in total. The van der Waals surface area contributed by atoms with Crippen LogP contribution in [0, 0.1) is 17.2 Å². The molecule has 0 aliphatic carbocycles. The average molecular weight is 362 g/mol. The molecule has 0 bridgehead atoms. The topological polar surface area (TPSA) is 62.0 Å². The summed E-state index contributed by atoms with van der Waals surface area (Å²) in [7, 11) is 0. The fourth-order valence-electron chi connectivity index (χ4n) is 2.91. The molecule has 1 fully saturated rings. The highest BCUT2D eigenvalue weighted by atomic mass is 19.4. The van der Waals surface area contributed by atoms with Crippen molar-refractivity contribution < 1.29 is 17.9 Å². The van der Waals surface area contributed by atoms with Crippen LogP contribution in [0.4, 0.5) is 19.0 Å². The van der Waals surface area contributed by atoms with Crippen molar-refractivity contribution in [1.29, 1.82) is 5.26 Å². The Morgan fingerprint density at radius 2 is 2.12 bits per heavy atom. The Kier molecular flexibility index (Phi) is 5.26. The lowest BCUT2D eigenvalue weighted by Crippen LogP contribution is -2.38. The summed E-state index contributed by atoms with van der Waals surface area (Å²) in [4.78, 5) is 10.0. The fraction of sp³-hybridized carbons (Fsp3) is 0.389. The number of anilines is 1. The molecule has 3 heterocycles. The van der Waals surface area contributed by atoms with Crippen LogP contribution in [0.25, 0.3) is 0 Å². The molecule has 26 heavy (non-hydrogen) atoms. The second-order valence-electron chi connectivity index (χ2n) is 6.16. The van der Waals surface area contributed by atoms with E-state index in [0.717, 1.165) is 31.6 Å². The first kappa shape index (κ1) is 18.0. The second kappa shape index (κ2) is 7.60. The number of pyridine rings is 2. The third-order valence-corrected chi connectivity index (χ3v) is 4.25. The molecule has 1 aliphatic heterocycles. The van der Waals surface area contributed by atoms with Gasteiger partial charge >= 0.3 is 6.18 Å². The van der Waals surface area contributed by atoms with Gasteiger partial charge in [0.1, 0.15) is 5.82 Å². The largest absolute Gasteiger partial charge is 0.477 e. The van der Waals surface area contributed by atoms with Crippen molar-refractivity contribution in [3.05, 3.63) is 47.8 Å². The lowest BCUT2D eigenvalue weighted by molar-refractivity contribution is -0.137. The van der Waals surface area contributed by atoms with E-state index in [4.69, 9.17) is 10.00 Å². The molecule has 1 unspecified atom stereocenters. The van der Waals surface area contributed by atoms with E-state index in [2.05, 4.69) is 9.97 Å². The Bertz CT molecular complexity index is 786. The number of hydrogen-bond acceptors (Lipinski definition) is 5. The number of piperidine rings is 1. The van der Waals surface area contributed by atoms with Crippen LogP contribution in [0.5, 0.6) is 5.88 Å². The molecule has 1 aliphatic rings. The summed E-state index contributed by atoms with van der Waals surface area (Å²) in [5, 5.41) is 8.89. The molecule has 136 valence electrons. The maximum atomic E-state index is 12.6. The van der Waals surface area contributed by atoms with Gasteiger partial charge in [0, 0.05) is 37.5 Å². The molecule has 2 aromatic heterocycles. The van der Waals surface area contributed by atoms with E-state index in [9.17, 15) is 13.2 Å². The SMILES string of the molecule is N#Cc1ccnc(OCC2CCCN(c3ccc(C(F)(F)F)cn3)C2)c1. The maximum absolute atomic E-state index is 12.6. The van der Waals surface area contributed by atoms with Gasteiger partial charge in [0.15, 0.2) is 0 Å². The minimum atomic E-state index is -4.38. The van der Waals surface area contributed by atoms with Crippen molar-refractivity contribution in [2.24, 2.45) is 5.92 Å². The molecule has 2 aromatic rings. The number of rotatable bonds is 4. The second-order valence-corrected chi connectivity index (χ2v) is 6.16. The van der Waals surface area contributed by atoms with Crippen molar-refractivity contribution in [3.8, 4) is 11.9 Å². The van der Waals surface area contributed by atoms with Crippen molar-refractivity contribution in [1.82, 2.24) is 9.97 Å². The van der Waals surface area contributed by atoms with Gasteiger partial charge in [0.2, 0.25) is 5.88 Å². The number of alkyl halides is 3. The fourth-order valence-corrected chi connectivity index (χ4v) is 2.91. The monoisotopic (exact) mass is 362 g/mol. The molecule has 8 heteroatoms. The van der Waals surface area contributed by atoms with Gasteiger partial charge in [-0.25, -0.2) is 9.97 Å². The number of ether oxygens (including phenoxy) is 1. The average Bonchev–Trinajstić information content (AvgIpc) is 2.66. The molecule has 0 saturated carbocycles. The zero-order valence-electron chi connectivity index (χ0n) is 13.9. The van der Waals surface area contributed by atoms with E-state index in [0.29, 0.717) is 30.4 Å². The Labute approximate surface area is 149 Å².